The van der Waals surface area contributed by atoms with Gasteiger partial charge in [0.15, 0.2) is 0 Å². The van der Waals surface area contributed by atoms with Gasteiger partial charge in [0.2, 0.25) is 0 Å². The second-order valence-corrected chi connectivity index (χ2v) is 5.90. The average molecular weight is 275 g/mol. The maximum atomic E-state index is 12.0. The van der Waals surface area contributed by atoms with E-state index in [0.717, 1.165) is 29.5 Å². The Hall–Kier alpha value is -1.62. The predicted octanol–water partition coefficient (Wildman–Crippen LogP) is 2.51. The molecule has 0 unspecified atom stereocenters. The molecule has 100 valence electrons. The van der Waals surface area contributed by atoms with E-state index in [1.54, 1.807) is 0 Å². The van der Waals surface area contributed by atoms with Crippen LogP contribution in [0.4, 0.5) is 5.69 Å². The van der Waals surface area contributed by atoms with Gasteiger partial charge in [-0.1, -0.05) is 6.92 Å². The Morgan fingerprint density at radius 2 is 2.37 bits per heavy atom. The molecule has 0 saturated heterocycles. The minimum absolute atomic E-state index is 0.0810. The van der Waals surface area contributed by atoms with Gasteiger partial charge in [0.05, 0.1) is 5.69 Å². The zero-order valence-electron chi connectivity index (χ0n) is 11.0. The van der Waals surface area contributed by atoms with E-state index in [-0.39, 0.29) is 5.91 Å². The van der Waals surface area contributed by atoms with Crippen LogP contribution in [-0.2, 0) is 12.8 Å². The van der Waals surface area contributed by atoms with Gasteiger partial charge in [-0.15, -0.1) is 11.3 Å². The standard InChI is InChI=1S/C14H17N3OS/c1-2-6-16-13(18)12-11(15)9-7-8-4-3-5-10(8)17-14(9)19-12/h7H,2-6,15H2,1H3,(H,16,18). The molecule has 0 aromatic carbocycles. The second kappa shape index (κ2) is 4.81. The van der Waals surface area contributed by atoms with Gasteiger partial charge in [-0.05, 0) is 37.3 Å². The monoisotopic (exact) mass is 275 g/mol. The molecule has 0 aliphatic heterocycles. The third-order valence-electron chi connectivity index (χ3n) is 3.49. The predicted molar refractivity (Wildman–Crippen MR) is 78.7 cm³/mol. The lowest BCUT2D eigenvalue weighted by molar-refractivity contribution is 0.0958. The first kappa shape index (κ1) is 12.4. The second-order valence-electron chi connectivity index (χ2n) is 4.90. The normalized spacial score (nSPS) is 13.7. The molecule has 3 N–H and O–H groups in total. The number of rotatable bonds is 3. The van der Waals surface area contributed by atoms with Crippen molar-refractivity contribution in [3.05, 3.63) is 22.2 Å². The van der Waals surface area contributed by atoms with E-state index in [1.807, 2.05) is 6.92 Å². The van der Waals surface area contributed by atoms with Crippen LogP contribution in [0.25, 0.3) is 10.2 Å². The quantitative estimate of drug-likeness (QED) is 0.904. The molecule has 3 rings (SSSR count). The molecule has 0 fully saturated rings. The van der Waals surface area contributed by atoms with Crippen molar-refractivity contribution in [2.45, 2.75) is 32.6 Å². The average Bonchev–Trinajstić information content (AvgIpc) is 2.98. The highest BCUT2D eigenvalue weighted by Gasteiger charge is 2.20. The van der Waals surface area contributed by atoms with Crippen molar-refractivity contribution in [3.63, 3.8) is 0 Å². The fourth-order valence-electron chi connectivity index (χ4n) is 2.49. The summed E-state index contributed by atoms with van der Waals surface area (Å²) in [5.41, 5.74) is 9.16. The number of nitrogen functional groups attached to an aromatic ring is 1. The summed E-state index contributed by atoms with van der Waals surface area (Å²) in [6.07, 6.45) is 4.21. The number of thiophene rings is 1. The van der Waals surface area contributed by atoms with E-state index in [2.05, 4.69) is 16.4 Å². The molecule has 0 spiro atoms. The number of anilines is 1. The van der Waals surface area contributed by atoms with Crippen LogP contribution in [0.5, 0.6) is 0 Å². The van der Waals surface area contributed by atoms with Crippen LogP contribution in [-0.4, -0.2) is 17.4 Å². The number of amides is 1. The molecule has 0 saturated carbocycles. The number of fused-ring (bicyclic) bond motifs is 2. The van der Waals surface area contributed by atoms with E-state index in [9.17, 15) is 4.79 Å². The number of nitrogens with two attached hydrogens (primary N) is 1. The van der Waals surface area contributed by atoms with Crippen molar-refractivity contribution in [2.75, 3.05) is 12.3 Å². The molecule has 2 heterocycles. The lowest BCUT2D eigenvalue weighted by Crippen LogP contribution is -2.23. The summed E-state index contributed by atoms with van der Waals surface area (Å²) in [6.45, 7) is 2.71. The highest BCUT2D eigenvalue weighted by molar-refractivity contribution is 7.21. The summed E-state index contributed by atoms with van der Waals surface area (Å²) in [4.78, 5) is 18.2. The zero-order valence-corrected chi connectivity index (χ0v) is 11.8. The van der Waals surface area contributed by atoms with Crippen molar-refractivity contribution in [2.24, 2.45) is 0 Å². The molecular weight excluding hydrogens is 258 g/mol. The molecule has 1 aliphatic carbocycles. The van der Waals surface area contributed by atoms with E-state index < -0.39 is 0 Å². The lowest BCUT2D eigenvalue weighted by Gasteiger charge is -2.01. The van der Waals surface area contributed by atoms with E-state index >= 15 is 0 Å². The lowest BCUT2D eigenvalue weighted by atomic mass is 10.1. The molecular formula is C14H17N3OS. The van der Waals surface area contributed by atoms with E-state index in [4.69, 9.17) is 5.73 Å². The van der Waals surface area contributed by atoms with Crippen molar-refractivity contribution in [1.82, 2.24) is 10.3 Å². The molecule has 2 aromatic heterocycles. The van der Waals surface area contributed by atoms with Crippen LogP contribution in [0, 0.1) is 0 Å². The Balaban J connectivity index is 2.03. The fourth-order valence-corrected chi connectivity index (χ4v) is 3.50. The summed E-state index contributed by atoms with van der Waals surface area (Å²) in [7, 11) is 0. The molecule has 4 nitrogen and oxygen atoms in total. The van der Waals surface area contributed by atoms with Crippen LogP contribution in [0.2, 0.25) is 0 Å². The zero-order chi connectivity index (χ0) is 13.4. The number of hydrogen-bond acceptors (Lipinski definition) is 4. The van der Waals surface area contributed by atoms with Crippen molar-refractivity contribution in [1.29, 1.82) is 0 Å². The van der Waals surface area contributed by atoms with Crippen LogP contribution in [0.3, 0.4) is 0 Å². The number of aryl methyl sites for hydroxylation is 2. The van der Waals surface area contributed by atoms with Gasteiger partial charge in [0, 0.05) is 17.6 Å². The number of nitrogens with one attached hydrogen (secondary N) is 1. The minimum Gasteiger partial charge on any atom is -0.397 e. The summed E-state index contributed by atoms with van der Waals surface area (Å²) in [6, 6.07) is 2.12. The van der Waals surface area contributed by atoms with Gasteiger partial charge >= 0.3 is 0 Å². The van der Waals surface area contributed by atoms with E-state index in [0.29, 0.717) is 17.1 Å². The highest BCUT2D eigenvalue weighted by atomic mass is 32.1. The van der Waals surface area contributed by atoms with E-state index in [1.165, 1.54) is 29.0 Å². The number of nitrogens with zero attached hydrogens (tertiary/aromatic N) is 1. The van der Waals surface area contributed by atoms with Gasteiger partial charge < -0.3 is 11.1 Å². The maximum Gasteiger partial charge on any atom is 0.263 e. The van der Waals surface area contributed by atoms with Crippen LogP contribution >= 0.6 is 11.3 Å². The Bertz CT molecular complexity index is 648. The van der Waals surface area contributed by atoms with Crippen LogP contribution in [0.1, 0.15) is 40.7 Å². The first-order valence-corrected chi connectivity index (χ1v) is 7.51. The molecule has 5 heteroatoms. The summed E-state index contributed by atoms with van der Waals surface area (Å²) in [5, 5.41) is 3.81. The summed E-state index contributed by atoms with van der Waals surface area (Å²) < 4.78 is 0. The van der Waals surface area contributed by atoms with Gasteiger partial charge in [0.25, 0.3) is 5.91 Å². The number of pyridine rings is 1. The third-order valence-corrected chi connectivity index (χ3v) is 4.61. The molecule has 2 aromatic rings. The largest absolute Gasteiger partial charge is 0.397 e. The number of aromatic nitrogens is 1. The van der Waals surface area contributed by atoms with Crippen molar-refractivity contribution >= 4 is 33.1 Å². The molecule has 0 atom stereocenters. The Labute approximate surface area is 116 Å². The van der Waals surface area contributed by atoms with Crippen molar-refractivity contribution in [3.8, 4) is 0 Å². The van der Waals surface area contributed by atoms with Gasteiger partial charge in [-0.2, -0.15) is 0 Å². The smallest absolute Gasteiger partial charge is 0.263 e. The Morgan fingerprint density at radius 1 is 1.53 bits per heavy atom. The fraction of sp³-hybridized carbons (Fsp3) is 0.429. The molecule has 1 amide bonds. The molecule has 0 bridgehead atoms. The Kier molecular flexibility index (Phi) is 3.14. The van der Waals surface area contributed by atoms with Crippen LogP contribution in [0.15, 0.2) is 6.07 Å². The topological polar surface area (TPSA) is 68.0 Å². The molecule has 0 radical (unpaired) electrons. The maximum absolute atomic E-state index is 12.0. The summed E-state index contributed by atoms with van der Waals surface area (Å²) >= 11 is 1.40. The van der Waals surface area contributed by atoms with Gasteiger partial charge in [-0.3, -0.25) is 4.79 Å². The van der Waals surface area contributed by atoms with Crippen LogP contribution < -0.4 is 11.1 Å². The Morgan fingerprint density at radius 3 is 3.16 bits per heavy atom. The number of carbonyl (C=O) groups excluding carboxylic acids is 1. The van der Waals surface area contributed by atoms with Gasteiger partial charge in [-0.25, -0.2) is 4.98 Å². The highest BCUT2D eigenvalue weighted by Crippen LogP contribution is 2.35. The van der Waals surface area contributed by atoms with Crippen molar-refractivity contribution < 1.29 is 4.79 Å². The van der Waals surface area contributed by atoms with Gasteiger partial charge in [0.1, 0.15) is 9.71 Å². The number of carbonyl (C=O) groups is 1. The SMILES string of the molecule is CCCNC(=O)c1sc2nc3c(cc2c1N)CCC3. The minimum atomic E-state index is -0.0810. The molecule has 19 heavy (non-hydrogen) atoms. The summed E-state index contributed by atoms with van der Waals surface area (Å²) in [5.74, 6) is -0.0810. The first-order chi connectivity index (χ1) is 9.20. The first-order valence-electron chi connectivity index (χ1n) is 6.69. The number of hydrogen-bond donors (Lipinski definition) is 2. The molecule has 1 aliphatic rings. The third kappa shape index (κ3) is 2.08.